The Kier molecular flexibility index (Phi) is 10.3. The van der Waals surface area contributed by atoms with E-state index in [9.17, 15) is 9.90 Å². The quantitative estimate of drug-likeness (QED) is 0.133. The second kappa shape index (κ2) is 14.3. The third-order valence-electron chi connectivity index (χ3n) is 6.83. The van der Waals surface area contributed by atoms with Gasteiger partial charge in [0.25, 0.3) is 5.56 Å². The highest BCUT2D eigenvalue weighted by Gasteiger charge is 2.33. The molecule has 224 valence electrons. The minimum atomic E-state index is -1.25. The van der Waals surface area contributed by atoms with Crippen molar-refractivity contribution in [2.24, 2.45) is 4.99 Å². The molecule has 0 amide bonds. The number of imidazole rings is 1. The first-order chi connectivity index (χ1) is 20.8. The molecule has 5 rings (SSSR count). The number of hydrogen-bond acceptors (Lipinski definition) is 7. The number of methoxy groups -OCH3 is 2. The lowest BCUT2D eigenvalue weighted by Gasteiger charge is -2.30. The van der Waals surface area contributed by atoms with Gasteiger partial charge in [-0.1, -0.05) is 67.9 Å². The van der Waals surface area contributed by atoms with E-state index < -0.39 is 5.60 Å². The average molecular weight is 583 g/mol. The fourth-order valence-corrected chi connectivity index (χ4v) is 4.51. The van der Waals surface area contributed by atoms with E-state index in [1.54, 1.807) is 31.8 Å². The van der Waals surface area contributed by atoms with Crippen LogP contribution in [0.3, 0.4) is 0 Å². The van der Waals surface area contributed by atoms with E-state index in [2.05, 4.69) is 26.9 Å². The van der Waals surface area contributed by atoms with Gasteiger partial charge < -0.3 is 24.0 Å². The third kappa shape index (κ3) is 7.28. The molecule has 0 fully saturated rings. The predicted molar refractivity (Wildman–Crippen MR) is 169 cm³/mol. The van der Waals surface area contributed by atoms with E-state index in [1.165, 1.54) is 0 Å². The minimum Gasteiger partial charge on any atom is -0.497 e. The summed E-state index contributed by atoms with van der Waals surface area (Å²) in [7, 11) is 6.96. The van der Waals surface area contributed by atoms with Gasteiger partial charge in [-0.25, -0.2) is 9.98 Å². The molecule has 5 aromatic rings. The zero-order valence-corrected chi connectivity index (χ0v) is 25.2. The van der Waals surface area contributed by atoms with Gasteiger partial charge in [0.05, 0.1) is 26.9 Å². The van der Waals surface area contributed by atoms with E-state index >= 15 is 0 Å². The van der Waals surface area contributed by atoms with Crippen LogP contribution in [0.2, 0.25) is 0 Å². The molecule has 0 atom stereocenters. The number of hydrogen-bond donors (Lipinski definition) is 2. The molecule has 2 aromatic heterocycles. The fraction of sp³-hybridized carbons (Fsp3) is 0.273. The van der Waals surface area contributed by atoms with Gasteiger partial charge in [0.1, 0.15) is 17.1 Å². The summed E-state index contributed by atoms with van der Waals surface area (Å²) in [5.74, 6) is 1.80. The number of ether oxygens (including phenoxy) is 2. The maximum absolute atomic E-state index is 11.9. The highest BCUT2D eigenvalue weighted by molar-refractivity contribution is 5.71. The summed E-state index contributed by atoms with van der Waals surface area (Å²) in [5.41, 5.74) is 1.80. The van der Waals surface area contributed by atoms with E-state index in [1.807, 2.05) is 97.5 Å². The van der Waals surface area contributed by atoms with Crippen molar-refractivity contribution in [3.63, 3.8) is 0 Å². The third-order valence-corrected chi connectivity index (χ3v) is 6.83. The number of nitrogens with zero attached hydrogens (tertiary/aromatic N) is 5. The molecule has 0 aliphatic carbocycles. The SMILES string of the molecule is CCCCn1cnc2c(=O)[nH]c(/N=C/N(C)C)nc21.COc1ccc(C(O)(c2ccccc2)c2ccc(OC)cc2)cc1. The van der Waals surface area contributed by atoms with Crippen LogP contribution in [0.4, 0.5) is 5.95 Å². The number of nitrogens with one attached hydrogen (secondary N) is 1. The number of fused-ring (bicyclic) bond motifs is 1. The van der Waals surface area contributed by atoms with E-state index in [-0.39, 0.29) is 5.56 Å². The molecule has 0 aliphatic heterocycles. The van der Waals surface area contributed by atoms with Gasteiger partial charge in [-0.15, -0.1) is 0 Å². The van der Waals surface area contributed by atoms with Crippen molar-refractivity contribution in [1.29, 1.82) is 0 Å². The van der Waals surface area contributed by atoms with Crippen LogP contribution in [-0.2, 0) is 12.1 Å². The van der Waals surface area contributed by atoms with Crippen LogP contribution >= 0.6 is 0 Å². The Morgan fingerprint density at radius 3 is 2.00 bits per heavy atom. The van der Waals surface area contributed by atoms with Crippen LogP contribution in [-0.4, -0.2) is 64.2 Å². The molecule has 0 saturated heterocycles. The number of benzene rings is 3. The van der Waals surface area contributed by atoms with Gasteiger partial charge in [0.15, 0.2) is 11.2 Å². The number of aromatic nitrogens is 4. The van der Waals surface area contributed by atoms with Crippen molar-refractivity contribution in [3.05, 3.63) is 112 Å². The van der Waals surface area contributed by atoms with Crippen molar-refractivity contribution in [2.45, 2.75) is 31.9 Å². The first-order valence-electron chi connectivity index (χ1n) is 14.0. The van der Waals surface area contributed by atoms with Gasteiger partial charge in [0.2, 0.25) is 5.95 Å². The van der Waals surface area contributed by atoms with E-state index in [4.69, 9.17) is 9.47 Å². The highest BCUT2D eigenvalue weighted by atomic mass is 16.5. The van der Waals surface area contributed by atoms with Crippen LogP contribution in [0.25, 0.3) is 11.2 Å². The summed E-state index contributed by atoms with van der Waals surface area (Å²) in [6, 6.07) is 24.6. The number of aromatic amines is 1. The summed E-state index contributed by atoms with van der Waals surface area (Å²) in [6.07, 6.45) is 5.35. The van der Waals surface area contributed by atoms with Gasteiger partial charge >= 0.3 is 0 Å². The lowest BCUT2D eigenvalue weighted by Crippen LogP contribution is -2.28. The molecule has 10 nitrogen and oxygen atoms in total. The Hall–Kier alpha value is -4.96. The second-order valence-electron chi connectivity index (χ2n) is 10.1. The summed E-state index contributed by atoms with van der Waals surface area (Å²) in [4.78, 5) is 28.8. The standard InChI is InChI=1S/C21H20O3.C12H18N6O/c1-23-19-12-8-17(9-13-19)21(22,16-6-4-3-5-7-16)18-10-14-20(24-2)15-11-18;1-4-5-6-18-8-13-9-10(18)15-12(16-11(9)19)14-7-17(2)3/h3-15,22H,1-2H3;7-8H,4-6H2,1-3H3,(H,15,16,19)/b;14-7+. The summed E-state index contributed by atoms with van der Waals surface area (Å²) < 4.78 is 12.3. The van der Waals surface area contributed by atoms with Crippen LogP contribution < -0.4 is 15.0 Å². The Morgan fingerprint density at radius 1 is 0.930 bits per heavy atom. The van der Waals surface area contributed by atoms with Crippen molar-refractivity contribution in [3.8, 4) is 11.5 Å². The smallest absolute Gasteiger partial charge is 0.280 e. The molecule has 0 unspecified atom stereocenters. The van der Waals surface area contributed by atoms with Gasteiger partial charge in [-0.05, 0) is 47.4 Å². The van der Waals surface area contributed by atoms with Crippen molar-refractivity contribution in [2.75, 3.05) is 28.3 Å². The average Bonchev–Trinajstić information content (AvgIpc) is 3.46. The van der Waals surface area contributed by atoms with Crippen LogP contribution in [0.15, 0.2) is 95.0 Å². The largest absolute Gasteiger partial charge is 0.497 e. The minimum absolute atomic E-state index is 0.258. The van der Waals surface area contributed by atoms with Crippen molar-refractivity contribution in [1.82, 2.24) is 24.4 Å². The Bertz CT molecular complexity index is 1630. The van der Waals surface area contributed by atoms with E-state index in [0.717, 1.165) is 47.6 Å². The molecule has 0 bridgehead atoms. The summed E-state index contributed by atoms with van der Waals surface area (Å²) in [5, 5.41) is 11.7. The molecule has 0 spiro atoms. The monoisotopic (exact) mass is 582 g/mol. The maximum atomic E-state index is 11.9. The van der Waals surface area contributed by atoms with Gasteiger partial charge in [0, 0.05) is 20.6 Å². The Labute approximate surface area is 251 Å². The van der Waals surface area contributed by atoms with Crippen molar-refractivity contribution < 1.29 is 14.6 Å². The van der Waals surface area contributed by atoms with Crippen molar-refractivity contribution >= 4 is 23.5 Å². The summed E-state index contributed by atoms with van der Waals surface area (Å²) >= 11 is 0. The Balaban J connectivity index is 0.000000203. The lowest BCUT2D eigenvalue weighted by atomic mass is 9.80. The zero-order valence-electron chi connectivity index (χ0n) is 25.2. The maximum Gasteiger partial charge on any atom is 0.280 e. The Morgan fingerprint density at radius 2 is 1.49 bits per heavy atom. The zero-order chi connectivity index (χ0) is 30.8. The molecule has 0 saturated carbocycles. The number of H-pyrrole nitrogens is 1. The number of aliphatic imine (C=N–C) groups is 1. The molecule has 0 aliphatic rings. The number of aliphatic hydroxyl groups is 1. The lowest BCUT2D eigenvalue weighted by molar-refractivity contribution is 0.125. The van der Waals surface area contributed by atoms with Gasteiger partial charge in [-0.3, -0.25) is 9.78 Å². The molecular formula is C33H38N6O4. The highest BCUT2D eigenvalue weighted by Crippen LogP contribution is 2.37. The topological polar surface area (TPSA) is 118 Å². The number of aryl methyl sites for hydroxylation is 1. The van der Waals surface area contributed by atoms with Crippen LogP contribution in [0.5, 0.6) is 11.5 Å². The second-order valence-corrected chi connectivity index (χ2v) is 10.1. The molecule has 2 N–H and O–H groups in total. The van der Waals surface area contributed by atoms with Crippen LogP contribution in [0, 0.1) is 0 Å². The number of unbranched alkanes of at least 4 members (excludes halogenated alkanes) is 1. The molecule has 3 aromatic carbocycles. The molecule has 2 heterocycles. The van der Waals surface area contributed by atoms with Gasteiger partial charge in [-0.2, -0.15) is 4.98 Å². The normalized spacial score (nSPS) is 11.3. The first kappa shape index (κ1) is 31.0. The van der Waals surface area contributed by atoms with E-state index in [0.29, 0.717) is 17.1 Å². The molecule has 43 heavy (non-hydrogen) atoms. The van der Waals surface area contributed by atoms with Crippen LogP contribution in [0.1, 0.15) is 36.5 Å². The fourth-order valence-electron chi connectivity index (χ4n) is 4.51. The molecule has 0 radical (unpaired) electrons. The summed E-state index contributed by atoms with van der Waals surface area (Å²) in [6.45, 7) is 2.92. The first-order valence-corrected chi connectivity index (χ1v) is 14.0. The predicted octanol–water partition coefficient (Wildman–Crippen LogP) is 5.13. The molecular weight excluding hydrogens is 544 g/mol. The number of rotatable bonds is 10. The molecule has 10 heteroatoms.